The lowest BCUT2D eigenvalue weighted by Crippen LogP contribution is -2.41. The fraction of sp³-hybridized carbons (Fsp3) is 0.833. The Hall–Kier alpha value is -1.14. The number of rotatable bonds is 6. The number of carbonyl (C=O) groups is 2. The summed E-state index contributed by atoms with van der Waals surface area (Å²) >= 11 is 0. The SMILES string of the molecule is CCOC(=O)CC1(CC(=O)OCC)COCOC1. The summed E-state index contributed by atoms with van der Waals surface area (Å²) in [6.07, 6.45) is 0.194. The molecule has 1 aliphatic heterocycles. The van der Waals surface area contributed by atoms with Gasteiger partial charge in [-0.2, -0.15) is 0 Å². The van der Waals surface area contributed by atoms with Gasteiger partial charge in [-0.3, -0.25) is 9.59 Å². The maximum Gasteiger partial charge on any atom is 0.306 e. The highest BCUT2D eigenvalue weighted by molar-refractivity contribution is 5.74. The molecular formula is C12H20O6. The molecule has 0 bridgehead atoms. The molecule has 1 rings (SSSR count). The van der Waals surface area contributed by atoms with Gasteiger partial charge in [-0.15, -0.1) is 0 Å². The van der Waals surface area contributed by atoms with Crippen LogP contribution in [0.3, 0.4) is 0 Å². The predicted octanol–water partition coefficient (Wildman–Crippen LogP) is 0.883. The average Bonchev–Trinajstić information content (AvgIpc) is 2.30. The summed E-state index contributed by atoms with van der Waals surface area (Å²) < 4.78 is 20.2. The number of carbonyl (C=O) groups excluding carboxylic acids is 2. The summed E-state index contributed by atoms with van der Waals surface area (Å²) in [5.74, 6) is -0.702. The Kier molecular flexibility index (Phi) is 6.07. The maximum atomic E-state index is 11.6. The molecule has 0 N–H and O–H groups in total. The fourth-order valence-corrected chi connectivity index (χ4v) is 1.92. The van der Waals surface area contributed by atoms with Crippen molar-refractivity contribution in [2.75, 3.05) is 33.2 Å². The number of esters is 2. The highest BCUT2D eigenvalue weighted by Crippen LogP contribution is 2.31. The molecule has 1 heterocycles. The van der Waals surface area contributed by atoms with Crippen LogP contribution in [0.1, 0.15) is 26.7 Å². The molecule has 0 aliphatic carbocycles. The van der Waals surface area contributed by atoms with Crippen LogP contribution in [0.2, 0.25) is 0 Å². The van der Waals surface area contributed by atoms with E-state index >= 15 is 0 Å². The van der Waals surface area contributed by atoms with E-state index in [9.17, 15) is 9.59 Å². The van der Waals surface area contributed by atoms with Crippen molar-refractivity contribution in [3.05, 3.63) is 0 Å². The summed E-state index contributed by atoms with van der Waals surface area (Å²) in [4.78, 5) is 23.1. The molecule has 0 aromatic carbocycles. The Morgan fingerprint density at radius 3 is 1.83 bits per heavy atom. The topological polar surface area (TPSA) is 71.1 Å². The Balaban J connectivity index is 2.62. The second-order valence-electron chi connectivity index (χ2n) is 4.28. The molecule has 0 aromatic heterocycles. The fourth-order valence-electron chi connectivity index (χ4n) is 1.92. The number of hydrogen-bond donors (Lipinski definition) is 0. The van der Waals surface area contributed by atoms with Gasteiger partial charge in [-0.25, -0.2) is 0 Å². The lowest BCUT2D eigenvalue weighted by Gasteiger charge is -2.34. The third-order valence-electron chi connectivity index (χ3n) is 2.63. The molecule has 18 heavy (non-hydrogen) atoms. The van der Waals surface area contributed by atoms with E-state index in [4.69, 9.17) is 18.9 Å². The lowest BCUT2D eigenvalue weighted by molar-refractivity contribution is -0.186. The highest BCUT2D eigenvalue weighted by atomic mass is 16.7. The third-order valence-corrected chi connectivity index (χ3v) is 2.63. The van der Waals surface area contributed by atoms with Crippen molar-refractivity contribution in [3.63, 3.8) is 0 Å². The number of hydrogen-bond acceptors (Lipinski definition) is 6. The zero-order valence-corrected chi connectivity index (χ0v) is 10.9. The molecular weight excluding hydrogens is 240 g/mol. The second-order valence-corrected chi connectivity index (χ2v) is 4.28. The van der Waals surface area contributed by atoms with Crippen molar-refractivity contribution >= 4 is 11.9 Å². The van der Waals surface area contributed by atoms with Gasteiger partial charge >= 0.3 is 11.9 Å². The lowest BCUT2D eigenvalue weighted by atomic mass is 9.82. The molecule has 0 radical (unpaired) electrons. The van der Waals surface area contributed by atoms with Crippen LogP contribution in [0.25, 0.3) is 0 Å². The quantitative estimate of drug-likeness (QED) is 0.660. The zero-order chi connectivity index (χ0) is 13.4. The largest absolute Gasteiger partial charge is 0.466 e. The van der Waals surface area contributed by atoms with E-state index in [0.29, 0.717) is 26.4 Å². The van der Waals surface area contributed by atoms with Gasteiger partial charge < -0.3 is 18.9 Å². The first-order chi connectivity index (χ1) is 8.62. The minimum absolute atomic E-state index is 0.0969. The first-order valence-corrected chi connectivity index (χ1v) is 6.08. The van der Waals surface area contributed by atoms with Gasteiger partial charge in [0.05, 0.1) is 39.3 Å². The molecule has 0 aromatic rings. The van der Waals surface area contributed by atoms with Crippen molar-refractivity contribution in [1.82, 2.24) is 0 Å². The van der Waals surface area contributed by atoms with Crippen molar-refractivity contribution in [3.8, 4) is 0 Å². The van der Waals surface area contributed by atoms with Crippen LogP contribution in [0.15, 0.2) is 0 Å². The van der Waals surface area contributed by atoms with Gasteiger partial charge in [-0.1, -0.05) is 0 Å². The summed E-state index contributed by atoms with van der Waals surface area (Å²) in [6, 6.07) is 0. The highest BCUT2D eigenvalue weighted by Gasteiger charge is 2.39. The van der Waals surface area contributed by atoms with Crippen LogP contribution in [0, 0.1) is 5.41 Å². The zero-order valence-electron chi connectivity index (χ0n) is 10.9. The standard InChI is InChI=1S/C12H20O6/c1-3-17-10(13)5-12(6-11(14)18-4-2)7-15-9-16-8-12/h3-9H2,1-2H3. The Morgan fingerprint density at radius 2 is 1.44 bits per heavy atom. The molecule has 0 amide bonds. The normalized spacial score (nSPS) is 18.1. The summed E-state index contributed by atoms with van der Waals surface area (Å²) in [6.45, 7) is 4.89. The van der Waals surface area contributed by atoms with Crippen molar-refractivity contribution in [2.24, 2.45) is 5.41 Å². The van der Waals surface area contributed by atoms with Crippen LogP contribution in [-0.2, 0) is 28.5 Å². The van der Waals surface area contributed by atoms with Crippen LogP contribution in [0.5, 0.6) is 0 Å². The molecule has 1 fully saturated rings. The van der Waals surface area contributed by atoms with E-state index in [1.165, 1.54) is 0 Å². The Bertz CT molecular complexity index is 260. The third kappa shape index (κ3) is 4.62. The van der Waals surface area contributed by atoms with Crippen LogP contribution >= 0.6 is 0 Å². The predicted molar refractivity (Wildman–Crippen MR) is 61.7 cm³/mol. The Labute approximate surface area is 107 Å². The minimum Gasteiger partial charge on any atom is -0.466 e. The number of ether oxygens (including phenoxy) is 4. The van der Waals surface area contributed by atoms with Gasteiger partial charge in [0.2, 0.25) is 0 Å². The second kappa shape index (κ2) is 7.33. The van der Waals surface area contributed by atoms with Crippen molar-refractivity contribution < 1.29 is 28.5 Å². The van der Waals surface area contributed by atoms with E-state index < -0.39 is 5.41 Å². The van der Waals surface area contributed by atoms with Gasteiger partial charge in [0, 0.05) is 5.41 Å². The first kappa shape index (κ1) is 14.9. The molecule has 6 heteroatoms. The van der Waals surface area contributed by atoms with Gasteiger partial charge in [0.25, 0.3) is 0 Å². The average molecular weight is 260 g/mol. The minimum atomic E-state index is -0.670. The molecule has 1 saturated heterocycles. The monoisotopic (exact) mass is 260 g/mol. The van der Waals surface area contributed by atoms with Crippen LogP contribution < -0.4 is 0 Å². The van der Waals surface area contributed by atoms with Crippen molar-refractivity contribution in [1.29, 1.82) is 0 Å². The molecule has 6 nitrogen and oxygen atoms in total. The van der Waals surface area contributed by atoms with E-state index in [0.717, 1.165) is 0 Å². The molecule has 1 aliphatic rings. The van der Waals surface area contributed by atoms with Crippen LogP contribution in [0.4, 0.5) is 0 Å². The molecule has 104 valence electrons. The van der Waals surface area contributed by atoms with E-state index in [-0.39, 0.29) is 31.6 Å². The molecule has 0 unspecified atom stereocenters. The van der Waals surface area contributed by atoms with E-state index in [1.54, 1.807) is 13.8 Å². The van der Waals surface area contributed by atoms with E-state index in [1.807, 2.05) is 0 Å². The first-order valence-electron chi connectivity index (χ1n) is 6.08. The summed E-state index contributed by atoms with van der Waals surface area (Å²) in [5.41, 5.74) is -0.670. The molecule has 0 atom stereocenters. The molecule has 0 spiro atoms. The van der Waals surface area contributed by atoms with Gasteiger partial charge in [0.15, 0.2) is 0 Å². The summed E-state index contributed by atoms with van der Waals surface area (Å²) in [7, 11) is 0. The smallest absolute Gasteiger partial charge is 0.306 e. The molecule has 0 saturated carbocycles. The summed E-state index contributed by atoms with van der Waals surface area (Å²) in [5, 5.41) is 0. The van der Waals surface area contributed by atoms with Gasteiger partial charge in [0.1, 0.15) is 6.79 Å². The van der Waals surface area contributed by atoms with E-state index in [2.05, 4.69) is 0 Å². The van der Waals surface area contributed by atoms with Crippen molar-refractivity contribution in [2.45, 2.75) is 26.7 Å². The maximum absolute atomic E-state index is 11.6. The van der Waals surface area contributed by atoms with Crippen LogP contribution in [-0.4, -0.2) is 45.2 Å². The van der Waals surface area contributed by atoms with Gasteiger partial charge in [-0.05, 0) is 13.8 Å². The Morgan fingerprint density at radius 1 is 1.00 bits per heavy atom.